The Labute approximate surface area is 239 Å². The van der Waals surface area contributed by atoms with Crippen molar-refractivity contribution in [3.8, 4) is 0 Å². The highest BCUT2D eigenvalue weighted by Crippen LogP contribution is 2.38. The number of carbonyl (C=O) groups is 2. The van der Waals surface area contributed by atoms with Gasteiger partial charge in [0.15, 0.2) is 9.84 Å². The van der Waals surface area contributed by atoms with Crippen LogP contribution in [0.2, 0.25) is 5.02 Å². The van der Waals surface area contributed by atoms with Gasteiger partial charge in [-0.2, -0.15) is 0 Å². The first-order chi connectivity index (χ1) is 19.1. The molecule has 1 atom stereocenters. The molecule has 0 radical (unpaired) electrons. The Morgan fingerprint density at radius 3 is 2.33 bits per heavy atom. The van der Waals surface area contributed by atoms with Crippen LogP contribution in [0.3, 0.4) is 0 Å². The summed E-state index contributed by atoms with van der Waals surface area (Å²) in [7, 11) is -3.47. The lowest BCUT2D eigenvalue weighted by Crippen LogP contribution is -2.29. The number of sulfone groups is 1. The molecule has 0 spiro atoms. The van der Waals surface area contributed by atoms with Gasteiger partial charge in [0, 0.05) is 23.7 Å². The first-order valence-electron chi connectivity index (χ1n) is 13.2. The second-order valence-electron chi connectivity index (χ2n) is 9.58. The second-order valence-corrected chi connectivity index (χ2v) is 12.1. The van der Waals surface area contributed by atoms with Crippen molar-refractivity contribution in [2.75, 3.05) is 30.7 Å². The van der Waals surface area contributed by atoms with Crippen molar-refractivity contribution in [3.63, 3.8) is 0 Å². The van der Waals surface area contributed by atoms with Gasteiger partial charge in [-0.3, -0.25) is 14.6 Å². The largest absolute Gasteiger partial charge is 0.481 e. The molecule has 3 aromatic carbocycles. The number of halogens is 1. The van der Waals surface area contributed by atoms with Gasteiger partial charge in [-0.05, 0) is 72.6 Å². The number of aliphatic imine (C=N–C) groups is 1. The van der Waals surface area contributed by atoms with Gasteiger partial charge < -0.3 is 15.3 Å². The number of benzene rings is 3. The minimum atomic E-state index is -3.47. The number of carboxylic acids is 1. The van der Waals surface area contributed by atoms with Crippen LogP contribution in [-0.2, 0) is 25.8 Å². The number of hydrogen-bond donors (Lipinski definition) is 2. The quantitative estimate of drug-likeness (QED) is 0.279. The fourth-order valence-corrected chi connectivity index (χ4v) is 6.13. The molecule has 1 aliphatic heterocycles. The number of carboxylic acid groups (broad SMARTS) is 1. The van der Waals surface area contributed by atoms with Gasteiger partial charge in [0.1, 0.15) is 5.92 Å². The van der Waals surface area contributed by atoms with E-state index in [1.165, 1.54) is 0 Å². The number of aliphatic carboxylic acids is 1. The zero-order valence-corrected chi connectivity index (χ0v) is 24.0. The monoisotopic (exact) mass is 581 g/mol. The zero-order valence-electron chi connectivity index (χ0n) is 22.4. The Kier molecular flexibility index (Phi) is 9.40. The normalized spacial score (nSPS) is 15.2. The third-order valence-corrected chi connectivity index (χ3v) is 8.96. The predicted octanol–water partition coefficient (Wildman–Crippen LogP) is 5.33. The minimum absolute atomic E-state index is 0.0175. The molecule has 40 heavy (non-hydrogen) atoms. The Morgan fingerprint density at radius 1 is 1.02 bits per heavy atom. The van der Waals surface area contributed by atoms with Gasteiger partial charge in [0.05, 0.1) is 22.0 Å². The maximum absolute atomic E-state index is 13.2. The Bertz CT molecular complexity index is 1520. The number of hydrogen-bond acceptors (Lipinski definition) is 6. The number of amides is 1. The lowest BCUT2D eigenvalue weighted by Gasteiger charge is -2.17. The molecular weight excluding hydrogens is 550 g/mol. The molecule has 0 fully saturated rings. The first-order valence-corrected chi connectivity index (χ1v) is 15.2. The SMILES string of the molecule is CCN(CC)CCS(=O)(=O)c1ccc(N=C(c2ccc(CCC(=O)O)cc2)C2C(=O)Nc3cc(Cl)ccc32)cc1. The molecular formula is C30H32ClN3O5S. The van der Waals surface area contributed by atoms with Crippen LogP contribution >= 0.6 is 11.6 Å². The third-order valence-electron chi connectivity index (χ3n) is 7.01. The maximum atomic E-state index is 13.2. The summed E-state index contributed by atoms with van der Waals surface area (Å²) >= 11 is 6.15. The summed E-state index contributed by atoms with van der Waals surface area (Å²) in [5, 5.41) is 12.4. The lowest BCUT2D eigenvalue weighted by atomic mass is 9.90. The van der Waals surface area contributed by atoms with Gasteiger partial charge in [-0.1, -0.05) is 55.8 Å². The van der Waals surface area contributed by atoms with Crippen molar-refractivity contribution in [3.05, 3.63) is 88.4 Å². The van der Waals surface area contributed by atoms with Crippen LogP contribution < -0.4 is 5.32 Å². The molecule has 0 aromatic heterocycles. The molecule has 0 saturated heterocycles. The van der Waals surface area contributed by atoms with E-state index in [-0.39, 0.29) is 23.0 Å². The molecule has 0 saturated carbocycles. The summed E-state index contributed by atoms with van der Waals surface area (Å²) in [6.07, 6.45) is 0.404. The van der Waals surface area contributed by atoms with Gasteiger partial charge in [-0.15, -0.1) is 0 Å². The summed E-state index contributed by atoms with van der Waals surface area (Å²) in [5.74, 6) is -1.81. The number of nitrogens with one attached hydrogen (secondary N) is 1. The van der Waals surface area contributed by atoms with E-state index in [9.17, 15) is 18.0 Å². The van der Waals surface area contributed by atoms with Crippen molar-refractivity contribution >= 4 is 50.4 Å². The maximum Gasteiger partial charge on any atom is 0.303 e. The second kappa shape index (κ2) is 12.8. The van der Waals surface area contributed by atoms with Crippen molar-refractivity contribution in [2.45, 2.75) is 37.5 Å². The number of rotatable bonds is 12. The summed E-state index contributed by atoms with van der Waals surface area (Å²) < 4.78 is 25.8. The number of anilines is 1. The molecule has 1 unspecified atom stereocenters. The van der Waals surface area contributed by atoms with E-state index >= 15 is 0 Å². The molecule has 0 aliphatic carbocycles. The highest BCUT2D eigenvalue weighted by atomic mass is 35.5. The highest BCUT2D eigenvalue weighted by Gasteiger charge is 2.35. The fraction of sp³-hybridized carbons (Fsp3) is 0.300. The Balaban J connectivity index is 1.69. The van der Waals surface area contributed by atoms with Gasteiger partial charge in [-0.25, -0.2) is 8.42 Å². The predicted molar refractivity (Wildman–Crippen MR) is 158 cm³/mol. The molecule has 8 nitrogen and oxygen atoms in total. The van der Waals surface area contributed by atoms with Crippen molar-refractivity contribution < 1.29 is 23.1 Å². The average Bonchev–Trinajstić information content (AvgIpc) is 3.26. The molecule has 2 N–H and O–H groups in total. The number of nitrogens with zero attached hydrogens (tertiary/aromatic N) is 2. The van der Waals surface area contributed by atoms with Crippen LogP contribution in [-0.4, -0.2) is 61.4 Å². The van der Waals surface area contributed by atoms with Crippen molar-refractivity contribution in [1.82, 2.24) is 4.90 Å². The van der Waals surface area contributed by atoms with Crippen LogP contribution in [0.25, 0.3) is 0 Å². The lowest BCUT2D eigenvalue weighted by molar-refractivity contribution is -0.137. The topological polar surface area (TPSA) is 116 Å². The van der Waals surface area contributed by atoms with E-state index in [4.69, 9.17) is 21.7 Å². The molecule has 1 aliphatic rings. The van der Waals surface area contributed by atoms with Crippen LogP contribution in [0, 0.1) is 0 Å². The summed E-state index contributed by atoms with van der Waals surface area (Å²) in [5.41, 5.74) is 3.88. The molecule has 1 heterocycles. The van der Waals surface area contributed by atoms with E-state index in [1.54, 1.807) is 42.5 Å². The van der Waals surface area contributed by atoms with E-state index in [0.717, 1.165) is 24.2 Å². The molecule has 210 valence electrons. The van der Waals surface area contributed by atoms with Crippen LogP contribution in [0.4, 0.5) is 11.4 Å². The molecule has 1 amide bonds. The van der Waals surface area contributed by atoms with Gasteiger partial charge >= 0.3 is 5.97 Å². The molecule has 4 rings (SSSR count). The Hall–Kier alpha value is -3.53. The van der Waals surface area contributed by atoms with Gasteiger partial charge in [0.2, 0.25) is 5.91 Å². The molecule has 3 aromatic rings. The first kappa shape index (κ1) is 29.5. The molecule has 10 heteroatoms. The minimum Gasteiger partial charge on any atom is -0.481 e. The zero-order chi connectivity index (χ0) is 28.9. The van der Waals surface area contributed by atoms with Crippen molar-refractivity contribution in [2.24, 2.45) is 4.99 Å². The number of aryl methyl sites for hydroxylation is 1. The number of fused-ring (bicyclic) bond motifs is 1. The van der Waals surface area contributed by atoms with Gasteiger partial charge in [0.25, 0.3) is 0 Å². The van der Waals surface area contributed by atoms with E-state index in [0.29, 0.717) is 40.6 Å². The van der Waals surface area contributed by atoms with Crippen LogP contribution in [0.1, 0.15) is 42.9 Å². The van der Waals surface area contributed by atoms with E-state index in [2.05, 4.69) is 10.2 Å². The van der Waals surface area contributed by atoms with E-state index < -0.39 is 21.7 Å². The van der Waals surface area contributed by atoms with Crippen LogP contribution in [0.15, 0.2) is 76.6 Å². The summed E-state index contributed by atoms with van der Waals surface area (Å²) in [6.45, 7) is 6.03. The number of carbonyl (C=O) groups excluding carboxylic acids is 1. The van der Waals surface area contributed by atoms with E-state index in [1.807, 2.05) is 38.1 Å². The smallest absolute Gasteiger partial charge is 0.303 e. The summed E-state index contributed by atoms with van der Waals surface area (Å²) in [6, 6.07) is 18.9. The standard InChI is InChI=1S/C30H32ClN3O5S/c1-3-34(4-2)17-18-40(38,39)24-13-11-23(12-14-24)32-29(21-8-5-20(6-9-21)7-16-27(35)36)28-25-15-10-22(31)19-26(25)33-30(28)37/h5-6,8-15,19,28H,3-4,7,16-18H2,1-2H3,(H,33,37)(H,35,36). The summed E-state index contributed by atoms with van der Waals surface area (Å²) in [4.78, 5) is 31.3. The van der Waals surface area contributed by atoms with Crippen LogP contribution in [0.5, 0.6) is 0 Å². The van der Waals surface area contributed by atoms with Crippen molar-refractivity contribution in [1.29, 1.82) is 0 Å². The highest BCUT2D eigenvalue weighted by molar-refractivity contribution is 7.91. The average molecular weight is 582 g/mol. The third kappa shape index (κ3) is 6.96. The fourth-order valence-electron chi connectivity index (χ4n) is 4.67. The Morgan fingerprint density at radius 2 is 1.70 bits per heavy atom. The molecule has 0 bridgehead atoms.